The fourth-order valence-corrected chi connectivity index (χ4v) is 2.87. The van der Waals surface area contributed by atoms with Gasteiger partial charge in [-0.2, -0.15) is 0 Å². The first kappa shape index (κ1) is 19.8. The van der Waals surface area contributed by atoms with E-state index in [-0.39, 0.29) is 30.5 Å². The number of anilines is 1. The third-order valence-electron chi connectivity index (χ3n) is 4.27. The molecule has 5 nitrogen and oxygen atoms in total. The zero-order chi connectivity index (χ0) is 16.8. The summed E-state index contributed by atoms with van der Waals surface area (Å²) in [6.07, 6.45) is 5.18. The molecule has 6 heteroatoms. The van der Waals surface area contributed by atoms with Gasteiger partial charge in [0.2, 0.25) is 0 Å². The standard InChI is InChI=1S/C19H25N3O2.HI/c1-19(23,17-11-8-14-24-17)15-20-18(22-12-6-3-7-13-22)21-16-9-4-2-5-10-16;/h2,4-5,8-11,14,23H,3,6-7,12-13,15H2,1H3,(H,20,21);1H. The van der Waals surface area contributed by atoms with Crippen LogP contribution < -0.4 is 5.32 Å². The number of hydrogen-bond donors (Lipinski definition) is 2. The van der Waals surface area contributed by atoms with Crippen molar-refractivity contribution in [1.82, 2.24) is 4.90 Å². The van der Waals surface area contributed by atoms with Gasteiger partial charge in [-0.3, -0.25) is 0 Å². The summed E-state index contributed by atoms with van der Waals surface area (Å²) in [6, 6.07) is 13.6. The van der Waals surface area contributed by atoms with Gasteiger partial charge in [0.05, 0.1) is 12.8 Å². The number of guanidine groups is 1. The molecule has 0 saturated carbocycles. The lowest BCUT2D eigenvalue weighted by Gasteiger charge is -2.31. The molecule has 1 unspecified atom stereocenters. The van der Waals surface area contributed by atoms with Gasteiger partial charge in [-0.05, 0) is 50.5 Å². The van der Waals surface area contributed by atoms with Crippen LogP contribution in [0.2, 0.25) is 0 Å². The predicted octanol–water partition coefficient (Wildman–Crippen LogP) is 4.06. The number of piperidine rings is 1. The molecule has 3 rings (SSSR count). The number of aliphatic imine (C=N–C) groups is 1. The Morgan fingerprint density at radius 2 is 1.88 bits per heavy atom. The second-order valence-electron chi connectivity index (χ2n) is 6.43. The van der Waals surface area contributed by atoms with Gasteiger partial charge in [-0.25, -0.2) is 4.99 Å². The molecule has 136 valence electrons. The summed E-state index contributed by atoms with van der Waals surface area (Å²) in [5.41, 5.74) is -0.123. The quantitative estimate of drug-likeness (QED) is 0.415. The van der Waals surface area contributed by atoms with E-state index in [1.54, 1.807) is 25.3 Å². The number of aliphatic hydroxyl groups is 1. The zero-order valence-corrected chi connectivity index (χ0v) is 16.8. The largest absolute Gasteiger partial charge is 0.466 e. The molecule has 0 spiro atoms. The fraction of sp³-hybridized carbons (Fsp3) is 0.421. The van der Waals surface area contributed by atoms with Crippen molar-refractivity contribution in [1.29, 1.82) is 0 Å². The van der Waals surface area contributed by atoms with Crippen molar-refractivity contribution >= 4 is 35.6 Å². The minimum atomic E-state index is -1.12. The smallest absolute Gasteiger partial charge is 0.198 e. The molecule has 25 heavy (non-hydrogen) atoms. The summed E-state index contributed by atoms with van der Waals surface area (Å²) in [5, 5.41) is 14.0. The summed E-state index contributed by atoms with van der Waals surface area (Å²) in [4.78, 5) is 6.95. The number of likely N-dealkylation sites (tertiary alicyclic amines) is 1. The van der Waals surface area contributed by atoms with E-state index >= 15 is 0 Å². The summed E-state index contributed by atoms with van der Waals surface area (Å²) in [5.74, 6) is 1.34. The Morgan fingerprint density at radius 3 is 2.52 bits per heavy atom. The van der Waals surface area contributed by atoms with Crippen molar-refractivity contribution in [2.75, 3.05) is 25.0 Å². The Morgan fingerprint density at radius 1 is 1.16 bits per heavy atom. The third-order valence-corrected chi connectivity index (χ3v) is 4.27. The molecule has 2 heterocycles. The molecule has 0 bridgehead atoms. The Balaban J connectivity index is 0.00000225. The van der Waals surface area contributed by atoms with E-state index in [9.17, 15) is 5.11 Å². The lowest BCUT2D eigenvalue weighted by Crippen LogP contribution is -2.41. The number of rotatable bonds is 4. The molecule has 1 fully saturated rings. The van der Waals surface area contributed by atoms with Crippen LogP contribution in [0.15, 0.2) is 58.1 Å². The second-order valence-corrected chi connectivity index (χ2v) is 6.43. The Kier molecular flexibility index (Phi) is 7.31. The molecule has 1 aromatic carbocycles. The lowest BCUT2D eigenvalue weighted by atomic mass is 10.0. The van der Waals surface area contributed by atoms with Gasteiger partial charge in [0.25, 0.3) is 0 Å². The van der Waals surface area contributed by atoms with Gasteiger partial charge >= 0.3 is 0 Å². The molecule has 1 aromatic heterocycles. The van der Waals surface area contributed by atoms with E-state index < -0.39 is 5.60 Å². The van der Waals surface area contributed by atoms with Crippen molar-refractivity contribution < 1.29 is 9.52 Å². The van der Waals surface area contributed by atoms with Crippen LogP contribution in [0.25, 0.3) is 0 Å². The van der Waals surface area contributed by atoms with Crippen molar-refractivity contribution in [3.8, 4) is 0 Å². The highest BCUT2D eigenvalue weighted by Crippen LogP contribution is 2.22. The SMILES string of the molecule is CC(O)(CN=C(Nc1ccccc1)N1CCCCC1)c1ccco1.I. The summed E-state index contributed by atoms with van der Waals surface area (Å²) in [6.45, 7) is 3.95. The topological polar surface area (TPSA) is 61.0 Å². The molecule has 2 aromatic rings. The molecule has 1 saturated heterocycles. The van der Waals surface area contributed by atoms with Crippen LogP contribution >= 0.6 is 24.0 Å². The molecule has 0 aliphatic carbocycles. The highest BCUT2D eigenvalue weighted by Gasteiger charge is 2.27. The molecular weight excluding hydrogens is 429 g/mol. The van der Waals surface area contributed by atoms with E-state index in [1.165, 1.54) is 19.3 Å². The van der Waals surface area contributed by atoms with E-state index in [0.717, 1.165) is 24.7 Å². The molecule has 0 amide bonds. The third kappa shape index (κ3) is 5.47. The van der Waals surface area contributed by atoms with Crippen molar-refractivity contribution in [3.05, 3.63) is 54.5 Å². The number of nitrogens with one attached hydrogen (secondary N) is 1. The summed E-state index contributed by atoms with van der Waals surface area (Å²) < 4.78 is 5.34. The minimum Gasteiger partial charge on any atom is -0.466 e. The van der Waals surface area contributed by atoms with Crippen LogP contribution in [-0.2, 0) is 5.60 Å². The number of halogens is 1. The average molecular weight is 455 g/mol. The number of nitrogens with zero attached hydrogens (tertiary/aromatic N) is 2. The first-order valence-electron chi connectivity index (χ1n) is 8.53. The van der Waals surface area contributed by atoms with Gasteiger partial charge in [0.15, 0.2) is 5.96 Å². The second kappa shape index (κ2) is 9.24. The minimum absolute atomic E-state index is 0. The normalized spacial score (nSPS) is 17.5. The fourth-order valence-electron chi connectivity index (χ4n) is 2.87. The van der Waals surface area contributed by atoms with Crippen molar-refractivity contribution in [2.45, 2.75) is 31.8 Å². The Labute approximate surface area is 166 Å². The van der Waals surface area contributed by atoms with E-state index in [1.807, 2.05) is 30.3 Å². The van der Waals surface area contributed by atoms with Crippen LogP contribution in [0, 0.1) is 0 Å². The lowest BCUT2D eigenvalue weighted by molar-refractivity contribution is 0.0435. The number of benzene rings is 1. The van der Waals surface area contributed by atoms with E-state index in [4.69, 9.17) is 9.41 Å². The maximum atomic E-state index is 10.6. The summed E-state index contributed by atoms with van der Waals surface area (Å²) >= 11 is 0. The molecule has 2 N–H and O–H groups in total. The van der Waals surface area contributed by atoms with Crippen LogP contribution in [0.4, 0.5) is 5.69 Å². The number of hydrogen-bond acceptors (Lipinski definition) is 3. The van der Waals surface area contributed by atoms with Crippen molar-refractivity contribution in [2.24, 2.45) is 4.99 Å². The van der Waals surface area contributed by atoms with E-state index in [0.29, 0.717) is 5.76 Å². The average Bonchev–Trinajstić information content (AvgIpc) is 3.16. The maximum absolute atomic E-state index is 10.6. The Hall–Kier alpha value is -1.54. The van der Waals surface area contributed by atoms with E-state index in [2.05, 4.69) is 10.2 Å². The maximum Gasteiger partial charge on any atom is 0.198 e. The zero-order valence-electron chi connectivity index (χ0n) is 14.5. The van der Waals surface area contributed by atoms with Gasteiger partial charge in [-0.15, -0.1) is 24.0 Å². The first-order chi connectivity index (χ1) is 11.6. The first-order valence-corrected chi connectivity index (χ1v) is 8.53. The van der Waals surface area contributed by atoms with Crippen LogP contribution in [0.3, 0.4) is 0 Å². The molecular formula is C19H26IN3O2. The highest BCUT2D eigenvalue weighted by atomic mass is 127. The van der Waals surface area contributed by atoms with Crippen LogP contribution in [0.1, 0.15) is 31.9 Å². The molecule has 1 atom stereocenters. The van der Waals surface area contributed by atoms with Crippen LogP contribution in [0.5, 0.6) is 0 Å². The van der Waals surface area contributed by atoms with Gasteiger partial charge < -0.3 is 19.7 Å². The van der Waals surface area contributed by atoms with Gasteiger partial charge in [0, 0.05) is 18.8 Å². The monoisotopic (exact) mass is 455 g/mol. The van der Waals surface area contributed by atoms with Gasteiger partial charge in [0.1, 0.15) is 11.4 Å². The van der Waals surface area contributed by atoms with Crippen LogP contribution in [-0.4, -0.2) is 35.6 Å². The predicted molar refractivity (Wildman–Crippen MR) is 111 cm³/mol. The Bertz CT molecular complexity index is 651. The molecule has 1 aliphatic rings. The van der Waals surface area contributed by atoms with Gasteiger partial charge in [-0.1, -0.05) is 18.2 Å². The molecule has 1 aliphatic heterocycles. The van der Waals surface area contributed by atoms with Crippen molar-refractivity contribution in [3.63, 3.8) is 0 Å². The summed E-state index contributed by atoms with van der Waals surface area (Å²) in [7, 11) is 0. The molecule has 0 radical (unpaired) electrons. The number of para-hydroxylation sites is 1. The highest BCUT2D eigenvalue weighted by molar-refractivity contribution is 14.0. The number of furan rings is 1.